The van der Waals surface area contributed by atoms with Crippen molar-refractivity contribution in [3.8, 4) is 0 Å². The molecule has 2 aromatic heterocycles. The van der Waals surface area contributed by atoms with Gasteiger partial charge in [0.2, 0.25) is 0 Å². The smallest absolute Gasteiger partial charge is 0.416 e. The number of rotatable bonds is 6. The molecule has 230 valence electrons. The number of para-hydroxylation sites is 1. The van der Waals surface area contributed by atoms with Gasteiger partial charge in [-0.25, -0.2) is 13.6 Å². The molecule has 6 nitrogen and oxygen atoms in total. The van der Waals surface area contributed by atoms with Crippen LogP contribution < -0.4 is 5.73 Å². The molecule has 6 rings (SSSR count). The van der Waals surface area contributed by atoms with E-state index in [9.17, 15) is 36.6 Å². The van der Waals surface area contributed by atoms with Crippen LogP contribution in [0.3, 0.4) is 0 Å². The fourth-order valence-electron chi connectivity index (χ4n) is 5.37. The minimum atomic E-state index is -4.54. The van der Waals surface area contributed by atoms with E-state index in [0.29, 0.717) is 23.2 Å². The summed E-state index contributed by atoms with van der Waals surface area (Å²) in [6.07, 6.45) is -4.54. The number of aryl methyl sites for hydroxylation is 1. The molecule has 2 heterocycles. The molecule has 0 bridgehead atoms. The highest BCUT2D eigenvalue weighted by Crippen LogP contribution is 2.33. The number of aromatic carboxylic acids is 1. The SMILES string of the molecule is Cc1c(C(N)=O)n(Cc2cccc(F)c2)c2ccccc12.O=C(O)c1cc2ccc(C(F)(F)F)cc2n1Cc1cccc(F)c1. The molecule has 0 spiro atoms. The second kappa shape index (κ2) is 12.3. The Balaban J connectivity index is 0.000000179. The Morgan fingerprint density at radius 3 is 1.91 bits per heavy atom. The van der Waals surface area contributed by atoms with E-state index in [4.69, 9.17) is 5.73 Å². The molecule has 4 aromatic carbocycles. The van der Waals surface area contributed by atoms with Crippen molar-refractivity contribution in [3.05, 3.63) is 142 Å². The fourth-order valence-corrected chi connectivity index (χ4v) is 5.37. The molecular formula is C34H26F5N3O3. The van der Waals surface area contributed by atoms with Crippen molar-refractivity contribution in [2.75, 3.05) is 0 Å². The van der Waals surface area contributed by atoms with Gasteiger partial charge >= 0.3 is 12.1 Å². The minimum Gasteiger partial charge on any atom is -0.477 e. The molecule has 0 fully saturated rings. The summed E-state index contributed by atoms with van der Waals surface area (Å²) in [5.74, 6) is -2.53. The maximum atomic E-state index is 13.3. The monoisotopic (exact) mass is 619 g/mol. The molecule has 6 aromatic rings. The maximum Gasteiger partial charge on any atom is 0.416 e. The van der Waals surface area contributed by atoms with Gasteiger partial charge < -0.3 is 20.0 Å². The molecule has 0 saturated heterocycles. The van der Waals surface area contributed by atoms with Crippen molar-refractivity contribution >= 4 is 33.7 Å². The predicted octanol–water partition coefficient (Wildman–Crippen LogP) is 7.78. The van der Waals surface area contributed by atoms with Gasteiger partial charge in [-0.05, 0) is 72.1 Å². The van der Waals surface area contributed by atoms with Crippen LogP contribution in [0.25, 0.3) is 21.8 Å². The first kappa shape index (κ1) is 31.0. The van der Waals surface area contributed by atoms with Crippen LogP contribution in [0.15, 0.2) is 97.1 Å². The Morgan fingerprint density at radius 2 is 1.36 bits per heavy atom. The number of alkyl halides is 3. The Kier molecular flexibility index (Phi) is 8.45. The molecule has 0 saturated carbocycles. The number of amides is 1. The molecule has 0 radical (unpaired) electrons. The lowest BCUT2D eigenvalue weighted by Gasteiger charge is -2.11. The Hall–Kier alpha value is -5.45. The van der Waals surface area contributed by atoms with Gasteiger partial charge in [0.1, 0.15) is 23.0 Å². The van der Waals surface area contributed by atoms with Gasteiger partial charge in [-0.1, -0.05) is 48.5 Å². The Bertz CT molecular complexity index is 2060. The lowest BCUT2D eigenvalue weighted by atomic mass is 10.1. The minimum absolute atomic E-state index is 0.0514. The standard InChI is InChI=1S/C17H11F4NO2.C17H15FN2O/c18-13-3-1-2-10(6-13)9-22-14-8-12(17(19,20)21)5-4-11(14)7-15(22)16(23)24;1-11-14-7-2-3-8-15(14)20(16(11)17(19)21)10-12-5-4-6-13(18)9-12/h1-8H,9H2,(H,23,24);2-9H,10H2,1H3,(H2,19,21). The zero-order valence-electron chi connectivity index (χ0n) is 23.8. The molecule has 1 amide bonds. The summed E-state index contributed by atoms with van der Waals surface area (Å²) in [4.78, 5) is 23.2. The number of hydrogen-bond acceptors (Lipinski definition) is 2. The third-order valence-electron chi connectivity index (χ3n) is 7.37. The lowest BCUT2D eigenvalue weighted by molar-refractivity contribution is -0.137. The Morgan fingerprint density at radius 1 is 0.756 bits per heavy atom. The van der Waals surface area contributed by atoms with E-state index >= 15 is 0 Å². The zero-order chi connectivity index (χ0) is 32.5. The normalized spacial score (nSPS) is 11.4. The van der Waals surface area contributed by atoms with E-state index in [1.165, 1.54) is 47.0 Å². The summed E-state index contributed by atoms with van der Waals surface area (Å²) in [7, 11) is 0. The first-order chi connectivity index (χ1) is 21.3. The average molecular weight is 620 g/mol. The number of nitrogens with zero attached hydrogens (tertiary/aromatic N) is 2. The maximum absolute atomic E-state index is 13.3. The highest BCUT2D eigenvalue weighted by molar-refractivity contribution is 6.01. The molecule has 11 heteroatoms. The van der Waals surface area contributed by atoms with E-state index in [2.05, 4.69) is 0 Å². The van der Waals surface area contributed by atoms with Gasteiger partial charge in [0.15, 0.2) is 0 Å². The summed E-state index contributed by atoms with van der Waals surface area (Å²) >= 11 is 0. The van der Waals surface area contributed by atoms with Crippen LogP contribution >= 0.6 is 0 Å². The third kappa shape index (κ3) is 6.57. The van der Waals surface area contributed by atoms with Crippen LogP contribution in [-0.4, -0.2) is 26.1 Å². The van der Waals surface area contributed by atoms with Crippen LogP contribution in [0.5, 0.6) is 0 Å². The number of carbonyl (C=O) groups is 2. The van der Waals surface area contributed by atoms with Crippen molar-refractivity contribution < 1.29 is 36.6 Å². The van der Waals surface area contributed by atoms with E-state index in [0.717, 1.165) is 34.2 Å². The van der Waals surface area contributed by atoms with Crippen molar-refractivity contribution in [2.24, 2.45) is 5.73 Å². The van der Waals surface area contributed by atoms with Crippen LogP contribution in [0.2, 0.25) is 0 Å². The lowest BCUT2D eigenvalue weighted by Crippen LogP contribution is -2.18. The summed E-state index contributed by atoms with van der Waals surface area (Å²) in [5, 5.41) is 10.7. The van der Waals surface area contributed by atoms with Gasteiger partial charge in [-0.15, -0.1) is 0 Å². The molecular weight excluding hydrogens is 593 g/mol. The number of primary amides is 1. The molecule has 0 aliphatic heterocycles. The second-order valence-electron chi connectivity index (χ2n) is 10.4. The number of carboxylic acids is 1. The second-order valence-corrected chi connectivity index (χ2v) is 10.4. The number of benzene rings is 4. The molecule has 45 heavy (non-hydrogen) atoms. The van der Waals surface area contributed by atoms with Gasteiger partial charge in [-0.3, -0.25) is 4.79 Å². The first-order valence-corrected chi connectivity index (χ1v) is 13.6. The predicted molar refractivity (Wildman–Crippen MR) is 160 cm³/mol. The highest BCUT2D eigenvalue weighted by Gasteiger charge is 2.31. The van der Waals surface area contributed by atoms with Gasteiger partial charge in [0.25, 0.3) is 5.91 Å². The number of fused-ring (bicyclic) bond motifs is 2. The number of nitrogens with two attached hydrogens (primary N) is 1. The van der Waals surface area contributed by atoms with E-state index < -0.39 is 29.4 Å². The summed E-state index contributed by atoms with van der Waals surface area (Å²) in [6.45, 7) is 2.24. The van der Waals surface area contributed by atoms with Crippen molar-refractivity contribution in [3.63, 3.8) is 0 Å². The molecule has 0 atom stereocenters. The summed E-state index contributed by atoms with van der Waals surface area (Å²) in [5.41, 5.74) is 8.13. The van der Waals surface area contributed by atoms with E-state index in [-0.39, 0.29) is 23.6 Å². The number of carboxylic acid groups (broad SMARTS) is 1. The van der Waals surface area contributed by atoms with Crippen molar-refractivity contribution in [1.29, 1.82) is 0 Å². The van der Waals surface area contributed by atoms with Gasteiger partial charge in [-0.2, -0.15) is 13.2 Å². The topological polar surface area (TPSA) is 90.2 Å². The van der Waals surface area contributed by atoms with Gasteiger partial charge in [0.05, 0.1) is 5.56 Å². The number of halogens is 5. The third-order valence-corrected chi connectivity index (χ3v) is 7.37. The largest absolute Gasteiger partial charge is 0.477 e. The van der Waals surface area contributed by atoms with E-state index in [1.807, 2.05) is 41.8 Å². The van der Waals surface area contributed by atoms with Crippen LogP contribution in [0, 0.1) is 18.6 Å². The Labute approximate surface area is 253 Å². The number of hydrogen-bond donors (Lipinski definition) is 2. The van der Waals surface area contributed by atoms with Crippen LogP contribution in [0.4, 0.5) is 22.0 Å². The van der Waals surface area contributed by atoms with Crippen molar-refractivity contribution in [2.45, 2.75) is 26.2 Å². The van der Waals surface area contributed by atoms with Crippen LogP contribution in [0.1, 0.15) is 43.2 Å². The number of carbonyl (C=O) groups excluding carboxylic acids is 1. The first-order valence-electron chi connectivity index (χ1n) is 13.6. The zero-order valence-corrected chi connectivity index (χ0v) is 23.8. The number of aromatic nitrogens is 2. The molecule has 0 aliphatic rings. The fraction of sp³-hybridized carbons (Fsp3) is 0.118. The highest BCUT2D eigenvalue weighted by atomic mass is 19.4. The molecule has 3 N–H and O–H groups in total. The van der Waals surface area contributed by atoms with Gasteiger partial charge in [0, 0.05) is 34.9 Å². The molecule has 0 aliphatic carbocycles. The summed E-state index contributed by atoms with van der Waals surface area (Å²) < 4.78 is 68.5. The quantitative estimate of drug-likeness (QED) is 0.187. The van der Waals surface area contributed by atoms with Crippen LogP contribution in [-0.2, 0) is 19.3 Å². The van der Waals surface area contributed by atoms with E-state index in [1.54, 1.807) is 12.1 Å². The van der Waals surface area contributed by atoms with Crippen molar-refractivity contribution in [1.82, 2.24) is 9.13 Å². The molecule has 0 unspecified atom stereocenters. The summed E-state index contributed by atoms with van der Waals surface area (Å²) in [6, 6.07) is 23.9. The average Bonchev–Trinajstić information content (AvgIpc) is 3.48.